The Morgan fingerprint density at radius 1 is 1.29 bits per heavy atom. The predicted molar refractivity (Wildman–Crippen MR) is 88.9 cm³/mol. The van der Waals surface area contributed by atoms with E-state index in [2.05, 4.69) is 28.2 Å². The van der Waals surface area contributed by atoms with E-state index in [4.69, 9.17) is 4.74 Å². The van der Waals surface area contributed by atoms with Crippen LogP contribution < -0.4 is 10.1 Å². The summed E-state index contributed by atoms with van der Waals surface area (Å²) in [7, 11) is 0. The summed E-state index contributed by atoms with van der Waals surface area (Å²) in [6.45, 7) is 2.76. The first-order chi connectivity index (χ1) is 10.2. The Bertz CT molecular complexity index is 468. The van der Waals surface area contributed by atoms with Gasteiger partial charge in [-0.1, -0.05) is 32.6 Å². The highest BCUT2D eigenvalue weighted by atomic mass is 79.9. The fourth-order valence-corrected chi connectivity index (χ4v) is 3.16. The van der Waals surface area contributed by atoms with Crippen LogP contribution in [0.25, 0.3) is 0 Å². The number of carbonyl (C=O) groups excluding carboxylic acids is 1. The summed E-state index contributed by atoms with van der Waals surface area (Å²) >= 11 is 3.48. The van der Waals surface area contributed by atoms with Crippen molar-refractivity contribution in [1.29, 1.82) is 0 Å². The monoisotopic (exact) mass is 353 g/mol. The summed E-state index contributed by atoms with van der Waals surface area (Å²) in [6, 6.07) is 5.87. The Morgan fingerprint density at radius 3 is 2.62 bits per heavy atom. The molecule has 0 aliphatic heterocycles. The van der Waals surface area contributed by atoms with E-state index in [0.717, 1.165) is 29.5 Å². The third-order valence-corrected chi connectivity index (χ3v) is 4.47. The van der Waals surface area contributed by atoms with Gasteiger partial charge >= 0.3 is 0 Å². The normalized spacial score (nSPS) is 16.3. The molecule has 1 aliphatic carbocycles. The number of nitrogens with one attached hydrogen (secondary N) is 1. The molecule has 3 nitrogen and oxygen atoms in total. The highest BCUT2D eigenvalue weighted by molar-refractivity contribution is 9.10. The van der Waals surface area contributed by atoms with Crippen molar-refractivity contribution in [3.63, 3.8) is 0 Å². The Morgan fingerprint density at radius 2 is 2.00 bits per heavy atom. The molecule has 0 saturated heterocycles. The third kappa shape index (κ3) is 5.03. The van der Waals surface area contributed by atoms with Crippen LogP contribution in [0, 0.1) is 0 Å². The van der Waals surface area contributed by atoms with Gasteiger partial charge in [0.2, 0.25) is 0 Å². The van der Waals surface area contributed by atoms with Gasteiger partial charge in [-0.3, -0.25) is 4.79 Å². The lowest BCUT2D eigenvalue weighted by atomic mass is 10.1. The first-order valence-electron chi connectivity index (χ1n) is 7.94. The van der Waals surface area contributed by atoms with Gasteiger partial charge < -0.3 is 10.1 Å². The number of carbonyl (C=O) groups is 1. The lowest BCUT2D eigenvalue weighted by molar-refractivity contribution is 0.0933. The number of ether oxygens (including phenoxy) is 1. The van der Waals surface area contributed by atoms with E-state index in [0.29, 0.717) is 18.2 Å². The first kappa shape index (κ1) is 16.3. The largest absolute Gasteiger partial charge is 0.492 e. The van der Waals surface area contributed by atoms with Crippen LogP contribution >= 0.6 is 15.9 Å². The zero-order valence-electron chi connectivity index (χ0n) is 12.7. The summed E-state index contributed by atoms with van der Waals surface area (Å²) in [4.78, 5) is 12.3. The maximum Gasteiger partial charge on any atom is 0.251 e. The molecule has 0 bridgehead atoms. The van der Waals surface area contributed by atoms with Gasteiger partial charge in [0.05, 0.1) is 11.1 Å². The highest BCUT2D eigenvalue weighted by Gasteiger charge is 2.16. The van der Waals surface area contributed by atoms with Gasteiger partial charge in [0.15, 0.2) is 0 Å². The van der Waals surface area contributed by atoms with Crippen LogP contribution in [0.3, 0.4) is 0 Å². The average Bonchev–Trinajstić information content (AvgIpc) is 2.74. The lowest BCUT2D eigenvalue weighted by Gasteiger charge is -2.16. The molecule has 1 aromatic carbocycles. The van der Waals surface area contributed by atoms with Crippen molar-refractivity contribution < 1.29 is 9.53 Å². The van der Waals surface area contributed by atoms with Gasteiger partial charge in [-0.25, -0.2) is 0 Å². The fourth-order valence-electron chi connectivity index (χ4n) is 2.66. The molecule has 1 aliphatic rings. The quantitative estimate of drug-likeness (QED) is 0.779. The van der Waals surface area contributed by atoms with Gasteiger partial charge in [-0.2, -0.15) is 0 Å². The van der Waals surface area contributed by atoms with Crippen LogP contribution in [0.1, 0.15) is 62.2 Å². The Kier molecular flexibility index (Phi) is 6.55. The number of amides is 1. The van der Waals surface area contributed by atoms with Crippen LogP contribution in [-0.4, -0.2) is 18.6 Å². The highest BCUT2D eigenvalue weighted by Crippen LogP contribution is 2.26. The Hall–Kier alpha value is -1.03. The molecular formula is C17H24BrNO2. The van der Waals surface area contributed by atoms with Gasteiger partial charge in [0.1, 0.15) is 5.75 Å². The molecule has 1 N–H and O–H groups in total. The van der Waals surface area contributed by atoms with Gasteiger partial charge in [-0.15, -0.1) is 0 Å². The molecule has 0 unspecified atom stereocenters. The molecule has 1 amide bonds. The number of hydrogen-bond acceptors (Lipinski definition) is 2. The number of rotatable bonds is 5. The SMILES string of the molecule is CCCOc1ccc(C(=O)NC2CCCCCC2)cc1Br. The molecule has 0 heterocycles. The second-order valence-corrected chi connectivity index (χ2v) is 6.51. The second kappa shape index (κ2) is 8.42. The molecule has 2 rings (SSSR count). The molecule has 1 saturated carbocycles. The Labute approximate surface area is 135 Å². The Balaban J connectivity index is 1.96. The van der Waals surface area contributed by atoms with Crippen molar-refractivity contribution in [3.8, 4) is 5.75 Å². The molecule has 0 aromatic heterocycles. The van der Waals surface area contributed by atoms with Crippen LogP contribution in [0.15, 0.2) is 22.7 Å². The molecular weight excluding hydrogens is 330 g/mol. The van der Waals surface area contributed by atoms with Crippen molar-refractivity contribution in [2.24, 2.45) is 0 Å². The van der Waals surface area contributed by atoms with Crippen molar-refractivity contribution >= 4 is 21.8 Å². The van der Waals surface area contributed by atoms with E-state index in [-0.39, 0.29) is 5.91 Å². The maximum absolute atomic E-state index is 12.3. The summed E-state index contributed by atoms with van der Waals surface area (Å²) in [5, 5.41) is 3.16. The zero-order chi connectivity index (χ0) is 15.1. The van der Waals surface area contributed by atoms with Crippen molar-refractivity contribution in [2.75, 3.05) is 6.61 Å². The maximum atomic E-state index is 12.3. The second-order valence-electron chi connectivity index (χ2n) is 5.66. The molecule has 4 heteroatoms. The molecule has 21 heavy (non-hydrogen) atoms. The van der Waals surface area contributed by atoms with E-state index in [1.165, 1.54) is 25.7 Å². The van der Waals surface area contributed by atoms with E-state index < -0.39 is 0 Å². The lowest BCUT2D eigenvalue weighted by Crippen LogP contribution is -2.34. The number of halogens is 1. The minimum Gasteiger partial charge on any atom is -0.492 e. The molecule has 116 valence electrons. The summed E-state index contributed by atoms with van der Waals surface area (Å²) in [5.74, 6) is 0.813. The molecule has 1 aromatic rings. The molecule has 0 spiro atoms. The fraction of sp³-hybridized carbons (Fsp3) is 0.588. The van der Waals surface area contributed by atoms with Crippen LogP contribution in [0.2, 0.25) is 0 Å². The topological polar surface area (TPSA) is 38.3 Å². The van der Waals surface area contributed by atoms with Crippen molar-refractivity contribution in [1.82, 2.24) is 5.32 Å². The summed E-state index contributed by atoms with van der Waals surface area (Å²) < 4.78 is 6.45. The van der Waals surface area contributed by atoms with Crippen molar-refractivity contribution in [2.45, 2.75) is 57.9 Å². The van der Waals surface area contributed by atoms with Crippen LogP contribution in [0.4, 0.5) is 0 Å². The standard InChI is InChI=1S/C17H24BrNO2/c1-2-11-21-16-10-9-13(12-15(16)18)17(20)19-14-7-5-3-4-6-8-14/h9-10,12,14H,2-8,11H2,1H3,(H,19,20). The molecule has 0 radical (unpaired) electrons. The third-order valence-electron chi connectivity index (χ3n) is 3.85. The van der Waals surface area contributed by atoms with Gasteiger partial charge in [0.25, 0.3) is 5.91 Å². The van der Waals surface area contributed by atoms with Crippen LogP contribution in [0.5, 0.6) is 5.75 Å². The van der Waals surface area contributed by atoms with E-state index in [9.17, 15) is 4.79 Å². The number of benzene rings is 1. The summed E-state index contributed by atoms with van der Waals surface area (Å²) in [5.41, 5.74) is 0.690. The molecule has 1 fully saturated rings. The van der Waals surface area contributed by atoms with Gasteiger partial charge in [0, 0.05) is 11.6 Å². The minimum absolute atomic E-state index is 0.0182. The zero-order valence-corrected chi connectivity index (χ0v) is 14.2. The first-order valence-corrected chi connectivity index (χ1v) is 8.73. The van der Waals surface area contributed by atoms with E-state index >= 15 is 0 Å². The number of hydrogen-bond donors (Lipinski definition) is 1. The smallest absolute Gasteiger partial charge is 0.251 e. The van der Waals surface area contributed by atoms with Crippen LogP contribution in [-0.2, 0) is 0 Å². The average molecular weight is 354 g/mol. The predicted octanol–water partition coefficient (Wildman–Crippen LogP) is 4.69. The minimum atomic E-state index is 0.0182. The summed E-state index contributed by atoms with van der Waals surface area (Å²) in [6.07, 6.45) is 8.20. The molecule has 0 atom stereocenters. The van der Waals surface area contributed by atoms with E-state index in [1.54, 1.807) is 0 Å². The van der Waals surface area contributed by atoms with E-state index in [1.807, 2.05) is 18.2 Å². The van der Waals surface area contributed by atoms with Crippen molar-refractivity contribution in [3.05, 3.63) is 28.2 Å². The van der Waals surface area contributed by atoms with Gasteiger partial charge in [-0.05, 0) is 53.4 Å².